The summed E-state index contributed by atoms with van der Waals surface area (Å²) in [4.78, 5) is 16.7. The maximum atomic E-state index is 12.8. The molecule has 1 amide bonds. The zero-order valence-corrected chi connectivity index (χ0v) is 16.9. The molecule has 0 bridgehead atoms. The molecule has 1 aliphatic rings. The molecular weight excluding hydrogens is 384 g/mol. The van der Waals surface area contributed by atoms with Gasteiger partial charge in [-0.25, -0.2) is 13.4 Å². The lowest BCUT2D eigenvalue weighted by Gasteiger charge is -2.30. The third-order valence-electron chi connectivity index (χ3n) is 4.71. The number of hydrogen-bond acceptors (Lipinski definition) is 6. The van der Waals surface area contributed by atoms with Crippen LogP contribution in [0.4, 0.5) is 5.69 Å². The summed E-state index contributed by atoms with van der Waals surface area (Å²) in [5.74, 6) is 0.380. The van der Waals surface area contributed by atoms with Crippen molar-refractivity contribution in [3.63, 3.8) is 0 Å². The Morgan fingerprint density at radius 3 is 2.71 bits per heavy atom. The van der Waals surface area contributed by atoms with Gasteiger partial charge in [0.1, 0.15) is 11.5 Å². The summed E-state index contributed by atoms with van der Waals surface area (Å²) in [6.45, 7) is 0.484. The first-order valence-electron chi connectivity index (χ1n) is 8.86. The molecule has 152 valence electrons. The molecule has 0 spiro atoms. The number of carbonyl (C=O) groups excluding carboxylic acids is 1. The Morgan fingerprint density at radius 2 is 2.07 bits per heavy atom. The van der Waals surface area contributed by atoms with Gasteiger partial charge in [-0.1, -0.05) is 0 Å². The van der Waals surface area contributed by atoms with Gasteiger partial charge in [0.05, 0.1) is 32.2 Å². The lowest BCUT2D eigenvalue weighted by Crippen LogP contribution is -2.43. The Labute approximate surface area is 164 Å². The Kier molecular flexibility index (Phi) is 5.90. The van der Waals surface area contributed by atoms with Crippen LogP contribution >= 0.6 is 0 Å². The van der Waals surface area contributed by atoms with E-state index >= 15 is 0 Å². The molecule has 3 rings (SSSR count). The maximum absolute atomic E-state index is 12.8. The number of ether oxygens (including phenoxy) is 2. The van der Waals surface area contributed by atoms with E-state index in [1.54, 1.807) is 36.9 Å². The minimum atomic E-state index is -3.72. The molecule has 2 heterocycles. The number of imidazole rings is 1. The predicted octanol–water partition coefficient (Wildman–Crippen LogP) is 1.48. The standard InChI is InChI=1S/C18H24N4O5S/c1-21-11-17(19-12-21)28(24,25)22-8-4-5-13(10-22)18(23)20-15-7-6-14(26-2)9-16(15)27-3/h6-7,9,11-13H,4-5,8,10H2,1-3H3,(H,20,23). The zero-order chi connectivity index (χ0) is 20.3. The molecule has 9 nitrogen and oxygen atoms in total. The molecule has 1 fully saturated rings. The van der Waals surface area contributed by atoms with Crippen molar-refractivity contribution in [2.75, 3.05) is 32.6 Å². The summed E-state index contributed by atoms with van der Waals surface area (Å²) < 4.78 is 38.9. The number of nitrogens with one attached hydrogen (secondary N) is 1. The van der Waals surface area contributed by atoms with E-state index in [0.717, 1.165) is 0 Å². The van der Waals surface area contributed by atoms with Crippen LogP contribution in [0.2, 0.25) is 0 Å². The molecule has 1 N–H and O–H groups in total. The van der Waals surface area contributed by atoms with Gasteiger partial charge in [0.15, 0.2) is 5.03 Å². The van der Waals surface area contributed by atoms with Gasteiger partial charge in [-0.2, -0.15) is 4.31 Å². The molecule has 28 heavy (non-hydrogen) atoms. The fraction of sp³-hybridized carbons (Fsp3) is 0.444. The second-order valence-corrected chi connectivity index (χ2v) is 8.52. The van der Waals surface area contributed by atoms with Gasteiger partial charge in [0, 0.05) is 32.4 Å². The van der Waals surface area contributed by atoms with Crippen LogP contribution in [-0.4, -0.2) is 55.5 Å². The maximum Gasteiger partial charge on any atom is 0.262 e. The number of anilines is 1. The third kappa shape index (κ3) is 4.12. The Morgan fingerprint density at radius 1 is 1.29 bits per heavy atom. The minimum Gasteiger partial charge on any atom is -0.497 e. The monoisotopic (exact) mass is 408 g/mol. The first kappa shape index (κ1) is 20.2. The number of methoxy groups -OCH3 is 2. The second-order valence-electron chi connectivity index (χ2n) is 6.64. The number of aryl methyl sites for hydroxylation is 1. The summed E-state index contributed by atoms with van der Waals surface area (Å²) >= 11 is 0. The Balaban J connectivity index is 1.73. The van der Waals surface area contributed by atoms with Crippen LogP contribution in [0.5, 0.6) is 11.5 Å². The summed E-state index contributed by atoms with van der Waals surface area (Å²) in [6.07, 6.45) is 4.11. The van der Waals surface area contributed by atoms with Crippen LogP contribution in [0.25, 0.3) is 0 Å². The molecular formula is C18H24N4O5S. The van der Waals surface area contributed by atoms with E-state index in [1.165, 1.54) is 23.9 Å². The lowest BCUT2D eigenvalue weighted by atomic mass is 9.98. The molecule has 1 unspecified atom stereocenters. The highest BCUT2D eigenvalue weighted by Crippen LogP contribution is 2.30. The number of carbonyl (C=O) groups is 1. The van der Waals surface area contributed by atoms with Crippen molar-refractivity contribution >= 4 is 21.6 Å². The van der Waals surface area contributed by atoms with Gasteiger partial charge in [0.25, 0.3) is 10.0 Å². The quantitative estimate of drug-likeness (QED) is 0.777. The highest BCUT2D eigenvalue weighted by Gasteiger charge is 2.34. The summed E-state index contributed by atoms with van der Waals surface area (Å²) in [7, 11) is 1.04. The number of sulfonamides is 1. The van der Waals surface area contributed by atoms with Crippen molar-refractivity contribution in [1.29, 1.82) is 0 Å². The lowest BCUT2D eigenvalue weighted by molar-refractivity contribution is -0.120. The van der Waals surface area contributed by atoms with Crippen molar-refractivity contribution in [2.45, 2.75) is 17.9 Å². The molecule has 2 aromatic rings. The molecule has 10 heteroatoms. The fourth-order valence-corrected chi connectivity index (χ4v) is 4.66. The summed E-state index contributed by atoms with van der Waals surface area (Å²) in [6, 6.07) is 5.09. The van der Waals surface area contributed by atoms with Crippen molar-refractivity contribution < 1.29 is 22.7 Å². The van der Waals surface area contributed by atoms with Crippen molar-refractivity contribution in [1.82, 2.24) is 13.9 Å². The smallest absolute Gasteiger partial charge is 0.262 e. The molecule has 1 saturated heterocycles. The SMILES string of the molecule is COc1ccc(NC(=O)C2CCCN(S(=O)(=O)c3cn(C)cn3)C2)c(OC)c1. The van der Waals surface area contributed by atoms with Crippen molar-refractivity contribution in [3.8, 4) is 11.5 Å². The third-order valence-corrected chi connectivity index (χ3v) is 6.46. The number of hydrogen-bond donors (Lipinski definition) is 1. The number of benzene rings is 1. The first-order valence-corrected chi connectivity index (χ1v) is 10.3. The van der Waals surface area contributed by atoms with Gasteiger partial charge < -0.3 is 19.4 Å². The molecule has 1 aliphatic heterocycles. The van der Waals surface area contributed by atoms with Crippen LogP contribution in [0.15, 0.2) is 35.7 Å². The molecule has 1 aromatic carbocycles. The summed E-state index contributed by atoms with van der Waals surface area (Å²) in [5.41, 5.74) is 0.512. The molecule has 1 atom stereocenters. The van der Waals surface area contributed by atoms with Crippen molar-refractivity contribution in [3.05, 3.63) is 30.7 Å². The topological polar surface area (TPSA) is 103 Å². The van der Waals surface area contributed by atoms with Crippen molar-refractivity contribution in [2.24, 2.45) is 13.0 Å². The van der Waals surface area contributed by atoms with E-state index in [2.05, 4.69) is 10.3 Å². The van der Waals surface area contributed by atoms with E-state index in [1.807, 2.05) is 0 Å². The van der Waals surface area contributed by atoms with Gasteiger partial charge in [-0.3, -0.25) is 4.79 Å². The molecule has 0 aliphatic carbocycles. The van der Waals surface area contributed by atoms with Gasteiger partial charge in [-0.05, 0) is 25.0 Å². The summed E-state index contributed by atoms with van der Waals surface area (Å²) in [5, 5.41) is 2.83. The van der Waals surface area contributed by atoms with E-state index in [0.29, 0.717) is 36.6 Å². The van der Waals surface area contributed by atoms with E-state index in [4.69, 9.17) is 9.47 Å². The average molecular weight is 408 g/mol. The number of amides is 1. The number of piperidine rings is 1. The van der Waals surface area contributed by atoms with Crippen LogP contribution in [0, 0.1) is 5.92 Å². The molecule has 0 saturated carbocycles. The van der Waals surface area contributed by atoms with E-state index in [9.17, 15) is 13.2 Å². The normalized spacial score (nSPS) is 17.9. The number of rotatable bonds is 6. The van der Waals surface area contributed by atoms with E-state index in [-0.39, 0.29) is 17.5 Å². The van der Waals surface area contributed by atoms with Crippen LogP contribution < -0.4 is 14.8 Å². The van der Waals surface area contributed by atoms with Crippen LogP contribution in [0.1, 0.15) is 12.8 Å². The molecule has 0 radical (unpaired) electrons. The number of nitrogens with zero attached hydrogens (tertiary/aromatic N) is 3. The van der Waals surface area contributed by atoms with Crippen LogP contribution in [0.3, 0.4) is 0 Å². The second kappa shape index (κ2) is 8.19. The van der Waals surface area contributed by atoms with Crippen LogP contribution in [-0.2, 0) is 21.9 Å². The Hall–Kier alpha value is -2.59. The largest absolute Gasteiger partial charge is 0.497 e. The fourth-order valence-electron chi connectivity index (χ4n) is 3.17. The highest BCUT2D eigenvalue weighted by molar-refractivity contribution is 7.89. The highest BCUT2D eigenvalue weighted by atomic mass is 32.2. The zero-order valence-electron chi connectivity index (χ0n) is 16.1. The number of aromatic nitrogens is 2. The minimum absolute atomic E-state index is 0.00659. The Bertz CT molecular complexity index is 957. The molecule has 1 aromatic heterocycles. The first-order chi connectivity index (χ1) is 13.3. The van der Waals surface area contributed by atoms with Gasteiger partial charge in [-0.15, -0.1) is 0 Å². The predicted molar refractivity (Wildman–Crippen MR) is 103 cm³/mol. The van der Waals surface area contributed by atoms with Gasteiger partial charge in [0.2, 0.25) is 5.91 Å². The van der Waals surface area contributed by atoms with E-state index < -0.39 is 15.9 Å². The van der Waals surface area contributed by atoms with Gasteiger partial charge >= 0.3 is 0 Å². The average Bonchev–Trinajstić information content (AvgIpc) is 3.15.